The lowest BCUT2D eigenvalue weighted by Crippen LogP contribution is -2.28. The number of cyclic esters (lactones) is 1. The predicted octanol–water partition coefficient (Wildman–Crippen LogP) is 1.04. The topological polar surface area (TPSA) is 93.7 Å². The Bertz CT molecular complexity index is 594. The van der Waals surface area contributed by atoms with Crippen molar-refractivity contribution in [3.05, 3.63) is 41.6 Å². The van der Waals surface area contributed by atoms with Crippen LogP contribution in [0.2, 0.25) is 0 Å². The molecule has 0 radical (unpaired) electrons. The molecule has 20 heavy (non-hydrogen) atoms. The summed E-state index contributed by atoms with van der Waals surface area (Å²) in [6.07, 6.45) is 1.20. The van der Waals surface area contributed by atoms with Crippen LogP contribution >= 0.6 is 0 Å². The first kappa shape index (κ1) is 13.6. The zero-order chi connectivity index (χ0) is 14.5. The Morgan fingerprint density at radius 2 is 2.10 bits per heavy atom. The van der Waals surface area contributed by atoms with E-state index in [2.05, 4.69) is 20.1 Å². The fraction of sp³-hybridized carbons (Fsp3) is 0.154. The third-order valence-corrected chi connectivity index (χ3v) is 2.48. The molecule has 104 valence electrons. The van der Waals surface area contributed by atoms with Gasteiger partial charge in [0.2, 0.25) is 0 Å². The van der Waals surface area contributed by atoms with Gasteiger partial charge in [0.05, 0.1) is 18.4 Å². The number of carbonyl (C=O) groups excluding carboxylic acids is 3. The Hall–Kier alpha value is -2.83. The first-order chi connectivity index (χ1) is 9.58. The summed E-state index contributed by atoms with van der Waals surface area (Å²) in [5.74, 6) is -0.987. The molecule has 1 aromatic rings. The molecule has 1 aliphatic rings. The number of benzene rings is 1. The minimum atomic E-state index is -0.531. The highest BCUT2D eigenvalue weighted by molar-refractivity contribution is 5.95. The maximum atomic E-state index is 11.7. The molecular weight excluding hydrogens is 264 g/mol. The third-order valence-electron chi connectivity index (χ3n) is 2.48. The second-order valence-electron chi connectivity index (χ2n) is 3.93. The molecule has 0 saturated heterocycles. The highest BCUT2D eigenvalue weighted by Crippen LogP contribution is 2.12. The number of methoxy groups -OCH3 is 1. The van der Waals surface area contributed by atoms with Crippen LogP contribution in [-0.2, 0) is 14.3 Å². The molecule has 1 aliphatic heterocycles. The van der Waals surface area contributed by atoms with Crippen LogP contribution < -0.4 is 10.6 Å². The summed E-state index contributed by atoms with van der Waals surface area (Å²) in [7, 11) is 1.28. The first-order valence-corrected chi connectivity index (χ1v) is 5.72. The zero-order valence-corrected chi connectivity index (χ0v) is 10.6. The Morgan fingerprint density at radius 3 is 2.75 bits per heavy atom. The van der Waals surface area contributed by atoms with E-state index in [4.69, 9.17) is 0 Å². The van der Waals surface area contributed by atoms with E-state index in [0.717, 1.165) is 0 Å². The molecule has 2 amide bonds. The van der Waals surface area contributed by atoms with Gasteiger partial charge in [-0.05, 0) is 18.2 Å². The summed E-state index contributed by atoms with van der Waals surface area (Å²) >= 11 is 0. The average molecular weight is 276 g/mol. The van der Waals surface area contributed by atoms with E-state index in [1.54, 1.807) is 18.2 Å². The second-order valence-corrected chi connectivity index (χ2v) is 3.93. The Balaban J connectivity index is 1.99. The minimum absolute atomic E-state index is 0.0362. The quantitative estimate of drug-likeness (QED) is 0.804. The standard InChI is InChI=1S/C13H12N2O5/c1-19-12(17)8-3-2-4-9(5-8)14-13(18)15-10-6-11(16)20-7-10/h2-6H,7H2,1H3,(H2,14,15,18). The van der Waals surface area contributed by atoms with Crippen molar-refractivity contribution in [1.29, 1.82) is 0 Å². The number of nitrogens with one attached hydrogen (secondary N) is 2. The van der Waals surface area contributed by atoms with Crippen LogP contribution in [0, 0.1) is 0 Å². The van der Waals surface area contributed by atoms with E-state index in [-0.39, 0.29) is 6.61 Å². The van der Waals surface area contributed by atoms with Crippen molar-refractivity contribution in [3.63, 3.8) is 0 Å². The van der Waals surface area contributed by atoms with Crippen molar-refractivity contribution in [2.75, 3.05) is 19.0 Å². The maximum Gasteiger partial charge on any atom is 0.337 e. The fourth-order valence-corrected chi connectivity index (χ4v) is 1.60. The number of ether oxygens (including phenoxy) is 2. The number of esters is 2. The SMILES string of the molecule is COC(=O)c1cccc(NC(=O)NC2=CC(=O)OC2)c1. The average Bonchev–Trinajstić information content (AvgIpc) is 2.83. The first-order valence-electron chi connectivity index (χ1n) is 5.72. The van der Waals surface area contributed by atoms with Crippen LogP contribution in [-0.4, -0.2) is 31.7 Å². The lowest BCUT2D eigenvalue weighted by atomic mass is 10.2. The normalized spacial score (nSPS) is 13.2. The molecule has 0 aromatic heterocycles. The van der Waals surface area contributed by atoms with Crippen molar-refractivity contribution in [3.8, 4) is 0 Å². The molecule has 1 heterocycles. The Kier molecular flexibility index (Phi) is 3.99. The molecule has 7 heteroatoms. The molecule has 0 aliphatic carbocycles. The Morgan fingerprint density at radius 1 is 1.30 bits per heavy atom. The molecule has 1 aromatic carbocycles. The summed E-state index contributed by atoms with van der Waals surface area (Å²) in [6.45, 7) is 0.0362. The molecule has 0 saturated carbocycles. The van der Waals surface area contributed by atoms with Gasteiger partial charge in [-0.15, -0.1) is 0 Å². The predicted molar refractivity (Wildman–Crippen MR) is 69.0 cm³/mol. The van der Waals surface area contributed by atoms with Crippen molar-refractivity contribution in [2.24, 2.45) is 0 Å². The number of urea groups is 1. The number of carbonyl (C=O) groups is 3. The number of anilines is 1. The van der Waals surface area contributed by atoms with E-state index in [0.29, 0.717) is 16.9 Å². The minimum Gasteiger partial charge on any atom is -0.465 e. The van der Waals surface area contributed by atoms with Crippen LogP contribution in [0.15, 0.2) is 36.0 Å². The molecule has 0 spiro atoms. The largest absolute Gasteiger partial charge is 0.465 e. The Labute approximate surface area is 114 Å². The van der Waals surface area contributed by atoms with Gasteiger partial charge in [0.1, 0.15) is 6.61 Å². The molecular formula is C13H12N2O5. The van der Waals surface area contributed by atoms with E-state index in [1.165, 1.54) is 19.3 Å². The van der Waals surface area contributed by atoms with Crippen LogP contribution in [0.25, 0.3) is 0 Å². The van der Waals surface area contributed by atoms with Gasteiger partial charge in [-0.1, -0.05) is 6.07 Å². The van der Waals surface area contributed by atoms with Crippen molar-refractivity contribution in [2.45, 2.75) is 0 Å². The summed E-state index contributed by atoms with van der Waals surface area (Å²) in [4.78, 5) is 33.9. The van der Waals surface area contributed by atoms with Gasteiger partial charge in [0.15, 0.2) is 0 Å². The monoisotopic (exact) mass is 276 g/mol. The lowest BCUT2D eigenvalue weighted by Gasteiger charge is -2.08. The molecule has 0 fully saturated rings. The molecule has 2 rings (SSSR count). The summed E-state index contributed by atoms with van der Waals surface area (Å²) < 4.78 is 9.23. The number of rotatable bonds is 3. The van der Waals surface area contributed by atoms with E-state index < -0.39 is 18.0 Å². The highest BCUT2D eigenvalue weighted by Gasteiger charge is 2.15. The number of hydrogen-bond donors (Lipinski definition) is 2. The molecule has 0 unspecified atom stereocenters. The summed E-state index contributed by atoms with van der Waals surface area (Å²) in [5.41, 5.74) is 1.12. The lowest BCUT2D eigenvalue weighted by molar-refractivity contribution is -0.134. The van der Waals surface area contributed by atoms with Gasteiger partial charge in [-0.25, -0.2) is 14.4 Å². The van der Waals surface area contributed by atoms with Gasteiger partial charge in [0, 0.05) is 11.8 Å². The molecule has 7 nitrogen and oxygen atoms in total. The number of amides is 2. The summed E-state index contributed by atoms with van der Waals surface area (Å²) in [6, 6.07) is 5.76. The maximum absolute atomic E-state index is 11.7. The van der Waals surface area contributed by atoms with Crippen LogP contribution in [0.4, 0.5) is 10.5 Å². The van der Waals surface area contributed by atoms with E-state index in [1.807, 2.05) is 0 Å². The smallest absolute Gasteiger partial charge is 0.337 e. The van der Waals surface area contributed by atoms with Gasteiger partial charge < -0.3 is 20.1 Å². The van der Waals surface area contributed by atoms with Crippen LogP contribution in [0.3, 0.4) is 0 Å². The molecule has 2 N–H and O–H groups in total. The summed E-state index contributed by atoms with van der Waals surface area (Å²) in [5, 5.41) is 5.01. The van der Waals surface area contributed by atoms with Crippen molar-refractivity contribution < 1.29 is 23.9 Å². The zero-order valence-electron chi connectivity index (χ0n) is 10.6. The highest BCUT2D eigenvalue weighted by atomic mass is 16.5. The van der Waals surface area contributed by atoms with Gasteiger partial charge >= 0.3 is 18.0 Å². The van der Waals surface area contributed by atoms with Gasteiger partial charge in [-0.2, -0.15) is 0 Å². The fourth-order valence-electron chi connectivity index (χ4n) is 1.60. The van der Waals surface area contributed by atoms with Gasteiger partial charge in [0.25, 0.3) is 0 Å². The molecule has 0 bridgehead atoms. The molecule has 0 atom stereocenters. The van der Waals surface area contributed by atoms with Crippen molar-refractivity contribution >= 4 is 23.7 Å². The number of hydrogen-bond acceptors (Lipinski definition) is 5. The van der Waals surface area contributed by atoms with Crippen LogP contribution in [0.1, 0.15) is 10.4 Å². The van der Waals surface area contributed by atoms with E-state index in [9.17, 15) is 14.4 Å². The second kappa shape index (κ2) is 5.87. The van der Waals surface area contributed by atoms with E-state index >= 15 is 0 Å². The van der Waals surface area contributed by atoms with Crippen LogP contribution in [0.5, 0.6) is 0 Å². The van der Waals surface area contributed by atoms with Crippen molar-refractivity contribution in [1.82, 2.24) is 5.32 Å². The third kappa shape index (κ3) is 3.35. The van der Waals surface area contributed by atoms with Gasteiger partial charge in [-0.3, -0.25) is 0 Å².